The van der Waals surface area contributed by atoms with E-state index in [2.05, 4.69) is 0 Å². The molecule has 2 aromatic carbocycles. The Morgan fingerprint density at radius 3 is 2.36 bits per heavy atom. The van der Waals surface area contributed by atoms with Crippen molar-refractivity contribution >= 4 is 21.6 Å². The van der Waals surface area contributed by atoms with Crippen molar-refractivity contribution in [1.82, 2.24) is 4.31 Å². The lowest BCUT2D eigenvalue weighted by molar-refractivity contribution is -0.917. The summed E-state index contributed by atoms with van der Waals surface area (Å²) >= 11 is 5.86. The first-order chi connectivity index (χ1) is 13.4. The van der Waals surface area contributed by atoms with Gasteiger partial charge in [0.05, 0.1) is 44.8 Å². The molecule has 0 bridgehead atoms. The third kappa shape index (κ3) is 4.78. The number of hydrogen-bond donors (Lipinski definition) is 1. The van der Waals surface area contributed by atoms with Crippen LogP contribution in [-0.4, -0.2) is 52.6 Å². The average molecular weight is 426 g/mol. The van der Waals surface area contributed by atoms with Crippen molar-refractivity contribution in [1.29, 1.82) is 0 Å². The normalized spacial score (nSPS) is 16.1. The van der Waals surface area contributed by atoms with Gasteiger partial charge < -0.3 is 14.4 Å². The van der Waals surface area contributed by atoms with E-state index in [0.717, 1.165) is 36.7 Å². The molecule has 1 heterocycles. The van der Waals surface area contributed by atoms with E-state index in [-0.39, 0.29) is 4.90 Å². The molecule has 3 rings (SSSR count). The van der Waals surface area contributed by atoms with Gasteiger partial charge in [-0.1, -0.05) is 11.6 Å². The van der Waals surface area contributed by atoms with Crippen LogP contribution in [0.25, 0.3) is 0 Å². The monoisotopic (exact) mass is 425 g/mol. The smallest absolute Gasteiger partial charge is 0.243 e. The SMILES string of the molecule is CCOc1ccc(C[NH+]2CCN(S(=O)(=O)c3ccc(Cl)cc3)CC2)cc1OC. The van der Waals surface area contributed by atoms with Gasteiger partial charge in [-0.05, 0) is 49.4 Å². The van der Waals surface area contributed by atoms with Crippen molar-refractivity contribution in [2.75, 3.05) is 39.9 Å². The minimum absolute atomic E-state index is 0.289. The Balaban J connectivity index is 1.62. The largest absolute Gasteiger partial charge is 0.493 e. The van der Waals surface area contributed by atoms with Crippen LogP contribution >= 0.6 is 11.6 Å². The van der Waals surface area contributed by atoms with Crippen LogP contribution in [-0.2, 0) is 16.6 Å². The molecule has 0 aromatic heterocycles. The maximum absolute atomic E-state index is 12.8. The standard InChI is InChI=1S/C20H25ClN2O4S/c1-3-27-19-9-4-16(14-20(19)26-2)15-22-10-12-23(13-11-22)28(24,25)18-7-5-17(21)6-8-18/h4-9,14H,3,10-13,15H2,1-2H3/p+1. The number of hydrogen-bond acceptors (Lipinski definition) is 4. The van der Waals surface area contributed by atoms with Gasteiger partial charge in [-0.25, -0.2) is 8.42 Å². The number of rotatable bonds is 7. The first-order valence-corrected chi connectivity index (χ1v) is 11.1. The van der Waals surface area contributed by atoms with Crippen LogP contribution in [0, 0.1) is 0 Å². The Kier molecular flexibility index (Phi) is 6.82. The molecule has 0 aliphatic carbocycles. The molecule has 0 amide bonds. The van der Waals surface area contributed by atoms with Crippen molar-refractivity contribution in [3.05, 3.63) is 53.1 Å². The summed E-state index contributed by atoms with van der Waals surface area (Å²) < 4.78 is 38.1. The molecule has 0 radical (unpaired) electrons. The molecular weight excluding hydrogens is 400 g/mol. The fourth-order valence-electron chi connectivity index (χ4n) is 3.36. The lowest BCUT2D eigenvalue weighted by Crippen LogP contribution is -3.13. The molecule has 0 atom stereocenters. The Morgan fingerprint density at radius 2 is 1.75 bits per heavy atom. The van der Waals surface area contributed by atoms with E-state index in [9.17, 15) is 8.42 Å². The second-order valence-electron chi connectivity index (χ2n) is 6.70. The van der Waals surface area contributed by atoms with Gasteiger partial charge in [0.2, 0.25) is 10.0 Å². The van der Waals surface area contributed by atoms with E-state index in [0.29, 0.717) is 24.7 Å². The summed E-state index contributed by atoms with van der Waals surface area (Å²) in [5, 5.41) is 0.527. The number of piperazine rings is 1. The van der Waals surface area contributed by atoms with Gasteiger partial charge >= 0.3 is 0 Å². The zero-order valence-electron chi connectivity index (χ0n) is 16.2. The summed E-state index contributed by atoms with van der Waals surface area (Å²) in [6, 6.07) is 12.3. The minimum atomic E-state index is -3.47. The van der Waals surface area contributed by atoms with E-state index >= 15 is 0 Å². The summed E-state index contributed by atoms with van der Waals surface area (Å²) in [7, 11) is -1.84. The number of halogens is 1. The average Bonchev–Trinajstić information content (AvgIpc) is 2.70. The number of methoxy groups -OCH3 is 1. The Morgan fingerprint density at radius 1 is 1.07 bits per heavy atom. The summed E-state index contributed by atoms with van der Waals surface area (Å²) in [6.07, 6.45) is 0. The topological polar surface area (TPSA) is 60.3 Å². The van der Waals surface area contributed by atoms with Crippen LogP contribution in [0.4, 0.5) is 0 Å². The number of sulfonamides is 1. The highest BCUT2D eigenvalue weighted by Gasteiger charge is 2.30. The Hall–Kier alpha value is -1.80. The van der Waals surface area contributed by atoms with Crippen LogP contribution < -0.4 is 14.4 Å². The fourth-order valence-corrected chi connectivity index (χ4v) is 4.93. The predicted octanol–water partition coefficient (Wildman–Crippen LogP) is 1.84. The maximum atomic E-state index is 12.8. The van der Waals surface area contributed by atoms with E-state index in [1.54, 1.807) is 35.7 Å². The molecule has 0 spiro atoms. The van der Waals surface area contributed by atoms with Crippen molar-refractivity contribution in [3.8, 4) is 11.5 Å². The molecular formula is C20H26ClN2O4S+. The summed E-state index contributed by atoms with van der Waals surface area (Å²) in [6.45, 7) is 5.84. The van der Waals surface area contributed by atoms with E-state index in [4.69, 9.17) is 21.1 Å². The highest BCUT2D eigenvalue weighted by atomic mass is 35.5. The Bertz CT molecular complexity index is 895. The van der Waals surface area contributed by atoms with Gasteiger partial charge in [-0.3, -0.25) is 0 Å². The molecule has 0 unspecified atom stereocenters. The van der Waals surface area contributed by atoms with Crippen molar-refractivity contribution < 1.29 is 22.8 Å². The van der Waals surface area contributed by atoms with Gasteiger partial charge in [-0.2, -0.15) is 4.31 Å². The number of quaternary nitrogens is 1. The number of benzene rings is 2. The molecule has 0 saturated carbocycles. The van der Waals surface area contributed by atoms with Crippen molar-refractivity contribution in [2.24, 2.45) is 0 Å². The van der Waals surface area contributed by atoms with E-state index in [1.165, 1.54) is 4.90 Å². The summed E-state index contributed by atoms with van der Waals surface area (Å²) in [5.41, 5.74) is 1.14. The molecule has 152 valence electrons. The molecule has 1 saturated heterocycles. The minimum Gasteiger partial charge on any atom is -0.493 e. The second-order valence-corrected chi connectivity index (χ2v) is 9.08. The van der Waals surface area contributed by atoms with E-state index < -0.39 is 10.0 Å². The van der Waals surface area contributed by atoms with Crippen LogP contribution in [0.5, 0.6) is 11.5 Å². The molecule has 1 N–H and O–H groups in total. The molecule has 2 aromatic rings. The van der Waals surface area contributed by atoms with Crippen molar-refractivity contribution in [3.63, 3.8) is 0 Å². The molecule has 28 heavy (non-hydrogen) atoms. The lowest BCUT2D eigenvalue weighted by atomic mass is 10.1. The van der Waals surface area contributed by atoms with Crippen LogP contribution in [0.3, 0.4) is 0 Å². The number of nitrogens with zero attached hydrogens (tertiary/aromatic N) is 1. The molecule has 8 heteroatoms. The first-order valence-electron chi connectivity index (χ1n) is 9.33. The first kappa shape index (κ1) is 20.9. The van der Waals surface area contributed by atoms with Gasteiger partial charge in [-0.15, -0.1) is 0 Å². The molecule has 1 aliphatic rings. The van der Waals surface area contributed by atoms with Gasteiger partial charge in [0.1, 0.15) is 6.54 Å². The van der Waals surface area contributed by atoms with Crippen LogP contribution in [0.15, 0.2) is 47.4 Å². The molecule has 6 nitrogen and oxygen atoms in total. The zero-order chi connectivity index (χ0) is 20.1. The molecule has 1 aliphatic heterocycles. The Labute approximate surface area is 171 Å². The van der Waals surface area contributed by atoms with Crippen LogP contribution in [0.1, 0.15) is 12.5 Å². The van der Waals surface area contributed by atoms with Gasteiger partial charge in [0, 0.05) is 10.6 Å². The zero-order valence-corrected chi connectivity index (χ0v) is 17.7. The number of ether oxygens (including phenoxy) is 2. The third-order valence-corrected chi connectivity index (χ3v) is 7.03. The van der Waals surface area contributed by atoms with Crippen LogP contribution in [0.2, 0.25) is 5.02 Å². The van der Waals surface area contributed by atoms with Gasteiger partial charge in [0.15, 0.2) is 11.5 Å². The highest BCUT2D eigenvalue weighted by molar-refractivity contribution is 7.89. The van der Waals surface area contributed by atoms with Gasteiger partial charge in [0.25, 0.3) is 0 Å². The summed E-state index contributed by atoms with van der Waals surface area (Å²) in [4.78, 5) is 1.63. The summed E-state index contributed by atoms with van der Waals surface area (Å²) in [5.74, 6) is 1.46. The highest BCUT2D eigenvalue weighted by Crippen LogP contribution is 2.27. The van der Waals surface area contributed by atoms with Crippen molar-refractivity contribution in [2.45, 2.75) is 18.4 Å². The quantitative estimate of drug-likeness (QED) is 0.735. The molecule has 1 fully saturated rings. The lowest BCUT2D eigenvalue weighted by Gasteiger charge is -2.31. The second kappa shape index (κ2) is 9.13. The van der Waals surface area contributed by atoms with E-state index in [1.807, 2.05) is 25.1 Å². The predicted molar refractivity (Wildman–Crippen MR) is 109 cm³/mol. The maximum Gasteiger partial charge on any atom is 0.243 e. The number of nitrogens with one attached hydrogen (secondary N) is 1. The fraction of sp³-hybridized carbons (Fsp3) is 0.400. The third-order valence-electron chi connectivity index (χ3n) is 4.86.